The number of alkyl halides is 5. The van der Waals surface area contributed by atoms with Gasteiger partial charge in [0.15, 0.2) is 11.5 Å². The third kappa shape index (κ3) is 6.32. The van der Waals surface area contributed by atoms with E-state index in [1.54, 1.807) is 6.07 Å². The lowest BCUT2D eigenvalue weighted by Gasteiger charge is -2.32. The molecule has 1 fully saturated rings. The number of nitrogens with zero attached hydrogens (tertiary/aromatic N) is 1. The second-order valence-corrected chi connectivity index (χ2v) is 7.47. The zero-order chi connectivity index (χ0) is 23.3. The lowest BCUT2D eigenvalue weighted by atomic mass is 10.0. The number of nitrogens with one attached hydrogen (secondary N) is 1. The predicted octanol–water partition coefficient (Wildman–Crippen LogP) is 4.71. The summed E-state index contributed by atoms with van der Waals surface area (Å²) < 4.78 is 73.2. The van der Waals surface area contributed by atoms with Gasteiger partial charge in [0.1, 0.15) is 0 Å². The fraction of sp³-hybridized carbons (Fsp3) is 0.409. The van der Waals surface area contributed by atoms with Gasteiger partial charge in [-0.2, -0.15) is 22.0 Å². The summed E-state index contributed by atoms with van der Waals surface area (Å²) in [4.78, 5) is 14.6. The Morgan fingerprint density at radius 1 is 1.12 bits per heavy atom. The number of methoxy groups -OCH3 is 1. The molecule has 0 spiro atoms. The quantitative estimate of drug-likeness (QED) is 0.611. The van der Waals surface area contributed by atoms with Gasteiger partial charge in [-0.3, -0.25) is 9.69 Å². The molecule has 0 aromatic heterocycles. The van der Waals surface area contributed by atoms with Crippen molar-refractivity contribution in [3.05, 3.63) is 59.2 Å². The van der Waals surface area contributed by atoms with Crippen LogP contribution in [-0.2, 0) is 12.7 Å². The molecular formula is C22H23F5N2O3. The van der Waals surface area contributed by atoms with Gasteiger partial charge in [0.2, 0.25) is 0 Å². The van der Waals surface area contributed by atoms with Gasteiger partial charge in [-0.25, -0.2) is 0 Å². The maximum atomic E-state index is 12.9. The van der Waals surface area contributed by atoms with Gasteiger partial charge < -0.3 is 14.8 Å². The van der Waals surface area contributed by atoms with Crippen molar-refractivity contribution in [3.8, 4) is 11.5 Å². The highest BCUT2D eigenvalue weighted by molar-refractivity contribution is 5.95. The van der Waals surface area contributed by atoms with Gasteiger partial charge in [0, 0.05) is 31.2 Å². The van der Waals surface area contributed by atoms with Crippen LogP contribution < -0.4 is 14.8 Å². The third-order valence-electron chi connectivity index (χ3n) is 5.23. The summed E-state index contributed by atoms with van der Waals surface area (Å²) in [5, 5.41) is 2.87. The van der Waals surface area contributed by atoms with Crippen molar-refractivity contribution in [2.24, 2.45) is 0 Å². The second-order valence-electron chi connectivity index (χ2n) is 7.47. The van der Waals surface area contributed by atoms with E-state index in [2.05, 4.69) is 10.1 Å². The van der Waals surface area contributed by atoms with Gasteiger partial charge in [0.25, 0.3) is 5.91 Å². The smallest absolute Gasteiger partial charge is 0.416 e. The van der Waals surface area contributed by atoms with E-state index in [9.17, 15) is 26.7 Å². The summed E-state index contributed by atoms with van der Waals surface area (Å²) in [5.41, 5.74) is 0.0618. The highest BCUT2D eigenvalue weighted by atomic mass is 19.4. The SMILES string of the molecule is COc1ccc(C(=O)NC2CCN(Cc3cccc(C(F)(F)F)c3)CC2)cc1OC(F)F. The Morgan fingerprint density at radius 3 is 2.47 bits per heavy atom. The Balaban J connectivity index is 1.54. The molecule has 0 saturated carbocycles. The number of carbonyl (C=O) groups is 1. The first kappa shape index (κ1) is 23.8. The fourth-order valence-electron chi connectivity index (χ4n) is 3.61. The largest absolute Gasteiger partial charge is 0.493 e. The first-order chi connectivity index (χ1) is 15.2. The van der Waals surface area contributed by atoms with E-state index in [0.717, 1.165) is 12.1 Å². The number of rotatable bonds is 7. The lowest BCUT2D eigenvalue weighted by molar-refractivity contribution is -0.137. The summed E-state index contributed by atoms with van der Waals surface area (Å²) in [6, 6.07) is 9.14. The monoisotopic (exact) mass is 458 g/mol. The minimum absolute atomic E-state index is 0.0877. The number of amides is 1. The van der Waals surface area contributed by atoms with Crippen molar-refractivity contribution >= 4 is 5.91 Å². The minimum atomic E-state index is -4.38. The van der Waals surface area contributed by atoms with Crippen LogP contribution in [0.3, 0.4) is 0 Å². The van der Waals surface area contributed by atoms with Crippen LogP contribution in [0.5, 0.6) is 11.5 Å². The maximum absolute atomic E-state index is 12.9. The Hall–Kier alpha value is -2.88. The number of piperidine rings is 1. The Morgan fingerprint density at radius 2 is 1.84 bits per heavy atom. The molecule has 1 amide bonds. The van der Waals surface area contributed by atoms with Crippen LogP contribution >= 0.6 is 0 Å². The third-order valence-corrected chi connectivity index (χ3v) is 5.23. The fourth-order valence-corrected chi connectivity index (χ4v) is 3.61. The Bertz CT molecular complexity index is 928. The van der Waals surface area contributed by atoms with E-state index in [-0.39, 0.29) is 23.1 Å². The number of benzene rings is 2. The topological polar surface area (TPSA) is 50.8 Å². The summed E-state index contributed by atoms with van der Waals surface area (Å²) in [6.07, 6.45) is -3.16. The number of carbonyl (C=O) groups excluding carboxylic acids is 1. The van der Waals surface area contributed by atoms with Gasteiger partial charge in [-0.1, -0.05) is 18.2 Å². The van der Waals surface area contributed by atoms with Gasteiger partial charge in [-0.15, -0.1) is 0 Å². The average Bonchev–Trinajstić information content (AvgIpc) is 2.74. The first-order valence-electron chi connectivity index (χ1n) is 9.98. The number of hydrogen-bond acceptors (Lipinski definition) is 4. The average molecular weight is 458 g/mol. The van der Waals surface area contributed by atoms with E-state index in [1.807, 2.05) is 4.90 Å². The minimum Gasteiger partial charge on any atom is -0.493 e. The predicted molar refractivity (Wildman–Crippen MR) is 107 cm³/mol. The van der Waals surface area contributed by atoms with Crippen molar-refractivity contribution < 1.29 is 36.2 Å². The number of ether oxygens (including phenoxy) is 2. The molecule has 1 saturated heterocycles. The normalized spacial score (nSPS) is 15.6. The van der Waals surface area contributed by atoms with E-state index in [0.29, 0.717) is 38.0 Å². The van der Waals surface area contributed by atoms with Crippen LogP contribution in [-0.4, -0.2) is 43.7 Å². The van der Waals surface area contributed by atoms with Crippen molar-refractivity contribution in [1.29, 1.82) is 0 Å². The molecule has 32 heavy (non-hydrogen) atoms. The van der Waals surface area contributed by atoms with E-state index in [4.69, 9.17) is 4.74 Å². The molecule has 2 aromatic rings. The molecule has 2 aromatic carbocycles. The number of halogens is 5. The second kappa shape index (κ2) is 10.2. The molecule has 174 valence electrons. The molecule has 1 N–H and O–H groups in total. The molecule has 10 heteroatoms. The van der Waals surface area contributed by atoms with Crippen molar-refractivity contribution in [2.75, 3.05) is 20.2 Å². The van der Waals surface area contributed by atoms with Gasteiger partial charge in [-0.05, 0) is 42.7 Å². The van der Waals surface area contributed by atoms with Crippen molar-refractivity contribution in [2.45, 2.75) is 38.2 Å². The summed E-state index contributed by atoms with van der Waals surface area (Å²) in [5.74, 6) is -0.570. The van der Waals surface area contributed by atoms with Crippen LogP contribution in [0.1, 0.15) is 34.3 Å². The highest BCUT2D eigenvalue weighted by Gasteiger charge is 2.30. The van der Waals surface area contributed by atoms with Gasteiger partial charge >= 0.3 is 12.8 Å². The van der Waals surface area contributed by atoms with Crippen LogP contribution in [0.2, 0.25) is 0 Å². The lowest BCUT2D eigenvalue weighted by Crippen LogP contribution is -2.44. The molecule has 1 heterocycles. The van der Waals surface area contributed by atoms with Crippen LogP contribution in [0.4, 0.5) is 22.0 Å². The molecule has 0 radical (unpaired) electrons. The zero-order valence-corrected chi connectivity index (χ0v) is 17.3. The van der Waals surface area contributed by atoms with Crippen LogP contribution in [0.25, 0.3) is 0 Å². The van der Waals surface area contributed by atoms with E-state index >= 15 is 0 Å². The van der Waals surface area contributed by atoms with E-state index in [1.165, 1.54) is 31.4 Å². The molecule has 0 unspecified atom stereocenters. The van der Waals surface area contributed by atoms with Crippen LogP contribution in [0.15, 0.2) is 42.5 Å². The van der Waals surface area contributed by atoms with E-state index < -0.39 is 24.3 Å². The highest BCUT2D eigenvalue weighted by Crippen LogP contribution is 2.31. The molecular weight excluding hydrogens is 435 g/mol. The maximum Gasteiger partial charge on any atom is 0.416 e. The van der Waals surface area contributed by atoms with Crippen LogP contribution in [0, 0.1) is 0 Å². The Kier molecular flexibility index (Phi) is 7.55. The molecule has 0 bridgehead atoms. The number of likely N-dealkylation sites (tertiary alicyclic amines) is 1. The first-order valence-corrected chi connectivity index (χ1v) is 9.98. The summed E-state index contributed by atoms with van der Waals surface area (Å²) >= 11 is 0. The zero-order valence-electron chi connectivity index (χ0n) is 17.3. The Labute approximate surface area is 182 Å². The molecule has 1 aliphatic heterocycles. The molecule has 1 aliphatic rings. The molecule has 5 nitrogen and oxygen atoms in total. The number of hydrogen-bond donors (Lipinski definition) is 1. The van der Waals surface area contributed by atoms with Gasteiger partial charge in [0.05, 0.1) is 12.7 Å². The van der Waals surface area contributed by atoms with Crippen molar-refractivity contribution in [1.82, 2.24) is 10.2 Å². The molecule has 0 atom stereocenters. The van der Waals surface area contributed by atoms with Crippen molar-refractivity contribution in [3.63, 3.8) is 0 Å². The summed E-state index contributed by atoms with van der Waals surface area (Å²) in [6.45, 7) is -1.46. The molecule has 0 aliphatic carbocycles. The molecule has 3 rings (SSSR count). The standard InChI is InChI=1S/C22H23F5N2O3/c1-31-18-6-5-15(12-19(18)32-21(23)24)20(30)28-17-7-9-29(10-8-17)13-14-3-2-4-16(11-14)22(25,26)27/h2-6,11-12,17,21H,7-10,13H2,1H3,(H,28,30). The summed E-state index contributed by atoms with van der Waals surface area (Å²) in [7, 11) is 1.31.